The first-order valence-corrected chi connectivity index (χ1v) is 21.9. The summed E-state index contributed by atoms with van der Waals surface area (Å²) in [5, 5.41) is 2.48. The molecule has 0 unspecified atom stereocenters. The van der Waals surface area contributed by atoms with Crippen LogP contribution in [0, 0.1) is 0 Å². The summed E-state index contributed by atoms with van der Waals surface area (Å²) in [5.41, 5.74) is 22.2. The second-order valence-electron chi connectivity index (χ2n) is 18.1. The van der Waals surface area contributed by atoms with Crippen LogP contribution < -0.4 is 4.90 Å². The predicted molar refractivity (Wildman–Crippen MR) is 261 cm³/mol. The summed E-state index contributed by atoms with van der Waals surface area (Å²) in [5.74, 6) is 0. The Labute approximate surface area is 364 Å². The van der Waals surface area contributed by atoms with Crippen molar-refractivity contribution in [3.8, 4) is 50.2 Å². The Morgan fingerprint density at radius 2 is 0.871 bits per heavy atom. The first-order chi connectivity index (χ1) is 30.3. The van der Waals surface area contributed by atoms with Gasteiger partial charge in [-0.2, -0.15) is 0 Å². The second kappa shape index (κ2) is 13.5. The fourth-order valence-corrected chi connectivity index (χ4v) is 11.1. The number of benzene rings is 9. The summed E-state index contributed by atoms with van der Waals surface area (Å²) in [6.07, 6.45) is 0. The van der Waals surface area contributed by atoms with E-state index in [0.717, 1.165) is 17.1 Å². The quantitative estimate of drug-likeness (QED) is 0.163. The van der Waals surface area contributed by atoms with Crippen LogP contribution >= 0.6 is 0 Å². The monoisotopic (exact) mass is 794 g/mol. The Kier molecular flexibility index (Phi) is 7.96. The molecular formula is C60H46N2. The largest absolute Gasteiger partial charge is 0.309 e. The predicted octanol–water partition coefficient (Wildman–Crippen LogP) is 16.2. The van der Waals surface area contributed by atoms with E-state index in [1.807, 2.05) is 0 Å². The number of anilines is 3. The standard InChI is InChI=1S/C60H46N2/c1-59(2)50-30-14-9-26-48(50)57-51(59)31-19-35-56(57)62(53-32-15-10-22-41(53)39-36-37-43-42-23-8-13-29-49(42)60(3,4)52(43)38-39)55-34-17-12-25-45(55)47-28-18-27-46-44-24-11-16-33-54(44)61(58(46)47)40-20-6-5-7-21-40/h5-38H,1-4H3. The molecule has 2 aliphatic rings. The lowest BCUT2D eigenvalue weighted by atomic mass is 9.81. The van der Waals surface area contributed by atoms with Crippen LogP contribution in [-0.2, 0) is 10.8 Å². The molecule has 0 bridgehead atoms. The van der Waals surface area contributed by atoms with Crippen molar-refractivity contribution in [2.45, 2.75) is 38.5 Å². The van der Waals surface area contributed by atoms with Crippen LogP contribution in [0.3, 0.4) is 0 Å². The van der Waals surface area contributed by atoms with Crippen molar-refractivity contribution >= 4 is 38.9 Å². The molecule has 0 radical (unpaired) electrons. The highest BCUT2D eigenvalue weighted by molar-refractivity contribution is 6.15. The van der Waals surface area contributed by atoms with Crippen LogP contribution in [0.1, 0.15) is 49.9 Å². The fourth-order valence-electron chi connectivity index (χ4n) is 11.1. The van der Waals surface area contributed by atoms with Gasteiger partial charge in [0.05, 0.1) is 28.1 Å². The van der Waals surface area contributed by atoms with Crippen molar-refractivity contribution in [1.82, 2.24) is 4.57 Å². The van der Waals surface area contributed by atoms with Gasteiger partial charge in [-0.25, -0.2) is 0 Å². The lowest BCUT2D eigenvalue weighted by Gasteiger charge is -2.32. The summed E-state index contributed by atoms with van der Waals surface area (Å²) in [6.45, 7) is 9.50. The molecule has 2 heteroatoms. The summed E-state index contributed by atoms with van der Waals surface area (Å²) >= 11 is 0. The van der Waals surface area contributed by atoms with E-state index in [-0.39, 0.29) is 10.8 Å². The van der Waals surface area contributed by atoms with Crippen molar-refractivity contribution in [3.63, 3.8) is 0 Å². The van der Waals surface area contributed by atoms with Crippen LogP contribution in [-0.4, -0.2) is 4.57 Å². The zero-order valence-electron chi connectivity index (χ0n) is 35.5. The first-order valence-electron chi connectivity index (χ1n) is 21.9. The third-order valence-corrected chi connectivity index (χ3v) is 14.0. The van der Waals surface area contributed by atoms with Gasteiger partial charge in [-0.15, -0.1) is 0 Å². The molecular weight excluding hydrogens is 749 g/mol. The molecule has 0 aliphatic heterocycles. The van der Waals surface area contributed by atoms with E-state index in [0.29, 0.717) is 0 Å². The van der Waals surface area contributed by atoms with Crippen molar-refractivity contribution in [2.24, 2.45) is 0 Å². The zero-order valence-corrected chi connectivity index (χ0v) is 35.5. The number of fused-ring (bicyclic) bond motifs is 9. The Hall–Kier alpha value is -7.42. The molecule has 296 valence electrons. The Bertz CT molecular complexity index is 3420. The Morgan fingerprint density at radius 3 is 1.66 bits per heavy atom. The molecule has 62 heavy (non-hydrogen) atoms. The molecule has 0 saturated carbocycles. The van der Waals surface area contributed by atoms with Gasteiger partial charge in [-0.1, -0.05) is 191 Å². The van der Waals surface area contributed by atoms with Crippen LogP contribution in [0.5, 0.6) is 0 Å². The summed E-state index contributed by atoms with van der Waals surface area (Å²) in [4.78, 5) is 2.57. The van der Waals surface area contributed by atoms with Crippen molar-refractivity contribution in [2.75, 3.05) is 4.90 Å². The maximum absolute atomic E-state index is 2.57. The summed E-state index contributed by atoms with van der Waals surface area (Å²) < 4.78 is 2.46. The van der Waals surface area contributed by atoms with Gasteiger partial charge < -0.3 is 9.47 Å². The Balaban J connectivity index is 1.16. The zero-order chi connectivity index (χ0) is 41.7. The van der Waals surface area contributed by atoms with Gasteiger partial charge in [0.25, 0.3) is 0 Å². The highest BCUT2D eigenvalue weighted by Gasteiger charge is 2.39. The highest BCUT2D eigenvalue weighted by atomic mass is 15.2. The van der Waals surface area contributed by atoms with E-state index in [1.54, 1.807) is 0 Å². The normalized spacial score (nSPS) is 14.1. The van der Waals surface area contributed by atoms with Gasteiger partial charge in [0, 0.05) is 49.5 Å². The molecule has 12 rings (SSSR count). The average Bonchev–Trinajstić information content (AvgIpc) is 3.87. The number of para-hydroxylation sites is 5. The third-order valence-electron chi connectivity index (χ3n) is 14.0. The van der Waals surface area contributed by atoms with E-state index in [1.165, 1.54) is 94.3 Å². The smallest absolute Gasteiger partial charge is 0.0620 e. The molecule has 0 amide bonds. The van der Waals surface area contributed by atoms with Crippen LogP contribution in [0.2, 0.25) is 0 Å². The molecule has 0 spiro atoms. The van der Waals surface area contributed by atoms with E-state index in [2.05, 4.69) is 243 Å². The molecule has 2 aliphatic carbocycles. The molecule has 10 aromatic rings. The van der Waals surface area contributed by atoms with E-state index in [4.69, 9.17) is 0 Å². The van der Waals surface area contributed by atoms with Gasteiger partial charge in [0.15, 0.2) is 0 Å². The lowest BCUT2D eigenvalue weighted by Crippen LogP contribution is -2.17. The van der Waals surface area contributed by atoms with Crippen LogP contribution in [0.25, 0.3) is 72.0 Å². The topological polar surface area (TPSA) is 8.17 Å². The van der Waals surface area contributed by atoms with Gasteiger partial charge in [-0.3, -0.25) is 0 Å². The Morgan fingerprint density at radius 1 is 0.355 bits per heavy atom. The van der Waals surface area contributed by atoms with Gasteiger partial charge in [-0.05, 0) is 87.0 Å². The molecule has 0 atom stereocenters. The van der Waals surface area contributed by atoms with Crippen molar-refractivity contribution in [3.05, 3.63) is 229 Å². The highest BCUT2D eigenvalue weighted by Crippen LogP contribution is 2.57. The maximum atomic E-state index is 2.57. The lowest BCUT2D eigenvalue weighted by molar-refractivity contribution is 0.660. The van der Waals surface area contributed by atoms with Crippen LogP contribution in [0.15, 0.2) is 206 Å². The van der Waals surface area contributed by atoms with Gasteiger partial charge in [0.1, 0.15) is 0 Å². The van der Waals surface area contributed by atoms with Gasteiger partial charge in [0.2, 0.25) is 0 Å². The van der Waals surface area contributed by atoms with Crippen molar-refractivity contribution < 1.29 is 0 Å². The fraction of sp³-hybridized carbons (Fsp3) is 0.100. The van der Waals surface area contributed by atoms with E-state index in [9.17, 15) is 0 Å². The molecule has 9 aromatic carbocycles. The number of aromatic nitrogens is 1. The minimum Gasteiger partial charge on any atom is -0.309 e. The molecule has 2 nitrogen and oxygen atoms in total. The first kappa shape index (κ1) is 36.4. The molecule has 0 N–H and O–H groups in total. The number of rotatable bonds is 6. The number of nitrogens with zero attached hydrogens (tertiary/aromatic N) is 2. The SMILES string of the molecule is CC1(C)c2ccccc2-c2ccc(-c3ccccc3N(c3ccccc3-c3cccc4c5ccccc5n(-c5ccccc5)c34)c3cccc4c3-c3ccccc3C4(C)C)cc21. The summed E-state index contributed by atoms with van der Waals surface area (Å²) in [6, 6.07) is 76.6. The maximum Gasteiger partial charge on any atom is 0.0620 e. The summed E-state index contributed by atoms with van der Waals surface area (Å²) in [7, 11) is 0. The van der Waals surface area contributed by atoms with E-state index >= 15 is 0 Å². The second-order valence-corrected chi connectivity index (χ2v) is 18.1. The molecule has 0 saturated heterocycles. The third kappa shape index (κ3) is 5.16. The average molecular weight is 795 g/mol. The minimum absolute atomic E-state index is 0.116. The molecule has 1 heterocycles. The molecule has 0 fully saturated rings. The number of hydrogen-bond donors (Lipinski definition) is 0. The number of hydrogen-bond acceptors (Lipinski definition) is 1. The molecule has 1 aromatic heterocycles. The van der Waals surface area contributed by atoms with Crippen LogP contribution in [0.4, 0.5) is 17.1 Å². The van der Waals surface area contributed by atoms with Crippen molar-refractivity contribution in [1.29, 1.82) is 0 Å². The van der Waals surface area contributed by atoms with Gasteiger partial charge >= 0.3 is 0 Å². The van der Waals surface area contributed by atoms with E-state index < -0.39 is 0 Å². The minimum atomic E-state index is -0.157.